The smallest absolute Gasteiger partial charge is 0.143 e. The molecule has 2 N–H and O–H groups in total. The Morgan fingerprint density at radius 2 is 1.96 bits per heavy atom. The molecule has 3 aliphatic rings. The Kier molecular flexibility index (Phi) is 4.73. The molecular formula is C19H29FN4O. The number of fused-ring (bicyclic) bond motifs is 2. The number of nitrogen functional groups attached to an aromatic ring is 1. The van der Waals surface area contributed by atoms with Crippen LogP contribution in [0.3, 0.4) is 0 Å². The average Bonchev–Trinajstić information content (AvgIpc) is 3.23. The number of likely N-dealkylation sites (tertiary alicyclic amines) is 2. The Morgan fingerprint density at radius 3 is 2.60 bits per heavy atom. The molecule has 3 fully saturated rings. The number of piperidine rings is 1. The van der Waals surface area contributed by atoms with Crippen LogP contribution in [0.4, 0.5) is 15.8 Å². The Bertz CT molecular complexity index is 605. The van der Waals surface area contributed by atoms with E-state index in [0.717, 1.165) is 31.9 Å². The minimum Gasteiger partial charge on any atom is -0.495 e. The van der Waals surface area contributed by atoms with Gasteiger partial charge in [-0.1, -0.05) is 0 Å². The van der Waals surface area contributed by atoms with E-state index < -0.39 is 0 Å². The van der Waals surface area contributed by atoms with Gasteiger partial charge in [-0.25, -0.2) is 4.39 Å². The van der Waals surface area contributed by atoms with Crippen molar-refractivity contribution in [2.45, 2.75) is 37.4 Å². The molecule has 0 radical (unpaired) electrons. The predicted octanol–water partition coefficient (Wildman–Crippen LogP) is 1.97. The van der Waals surface area contributed by atoms with Crippen LogP contribution < -0.4 is 15.4 Å². The highest BCUT2D eigenvalue weighted by molar-refractivity contribution is 5.62. The number of piperazine rings is 1. The second-order valence-electron chi connectivity index (χ2n) is 7.57. The maximum Gasteiger partial charge on any atom is 0.143 e. The number of nitrogens with zero attached hydrogens (tertiary/aromatic N) is 3. The molecule has 0 aromatic heterocycles. The molecule has 1 aromatic rings. The van der Waals surface area contributed by atoms with E-state index in [1.807, 2.05) is 12.1 Å². The van der Waals surface area contributed by atoms with E-state index in [0.29, 0.717) is 30.4 Å². The van der Waals surface area contributed by atoms with Gasteiger partial charge in [-0.3, -0.25) is 9.80 Å². The molecule has 2 atom stereocenters. The summed E-state index contributed by atoms with van der Waals surface area (Å²) < 4.78 is 18.0. The van der Waals surface area contributed by atoms with Crippen molar-refractivity contribution in [2.24, 2.45) is 0 Å². The van der Waals surface area contributed by atoms with Gasteiger partial charge in [0.1, 0.15) is 12.4 Å². The first-order valence-corrected chi connectivity index (χ1v) is 9.44. The van der Waals surface area contributed by atoms with Crippen LogP contribution in [0.1, 0.15) is 19.3 Å². The summed E-state index contributed by atoms with van der Waals surface area (Å²) in [4.78, 5) is 7.49. The number of benzene rings is 1. The number of methoxy groups -OCH3 is 1. The van der Waals surface area contributed by atoms with Crippen LogP contribution >= 0.6 is 0 Å². The van der Waals surface area contributed by atoms with Gasteiger partial charge in [-0.2, -0.15) is 0 Å². The highest BCUT2D eigenvalue weighted by Gasteiger charge is 2.45. The van der Waals surface area contributed by atoms with Crippen LogP contribution in [-0.4, -0.2) is 74.4 Å². The lowest BCUT2D eigenvalue weighted by atomic mass is 10.0. The molecule has 0 spiro atoms. The molecule has 0 aliphatic carbocycles. The van der Waals surface area contributed by atoms with Crippen LogP contribution in [0.25, 0.3) is 0 Å². The Balaban J connectivity index is 1.34. The van der Waals surface area contributed by atoms with Gasteiger partial charge in [0.2, 0.25) is 0 Å². The molecule has 25 heavy (non-hydrogen) atoms. The quantitative estimate of drug-likeness (QED) is 0.825. The Morgan fingerprint density at radius 1 is 1.16 bits per heavy atom. The zero-order valence-electron chi connectivity index (χ0n) is 15.0. The van der Waals surface area contributed by atoms with Gasteiger partial charge in [0.05, 0.1) is 12.8 Å². The number of nitrogens with two attached hydrogens (primary N) is 1. The van der Waals surface area contributed by atoms with Gasteiger partial charge in [-0.15, -0.1) is 0 Å². The van der Waals surface area contributed by atoms with Crippen molar-refractivity contribution in [3.05, 3.63) is 18.2 Å². The number of hydrogen-bond donors (Lipinski definition) is 1. The van der Waals surface area contributed by atoms with E-state index in [-0.39, 0.29) is 6.67 Å². The second kappa shape index (κ2) is 7.00. The van der Waals surface area contributed by atoms with Gasteiger partial charge in [-0.05, 0) is 31.4 Å². The summed E-state index contributed by atoms with van der Waals surface area (Å²) in [6.07, 6.45) is 3.62. The standard InChI is InChI=1S/C19H29FN4O/c1-25-19-11-15(2-3-18(19)21)22-7-4-14(5-8-22)24-13-16-10-17(24)12-23(16)9-6-20/h2-3,11,14,16-17H,4-10,12-13,21H2,1H3. The minimum atomic E-state index is -0.216. The first kappa shape index (κ1) is 16.9. The molecule has 3 aliphatic heterocycles. The zero-order chi connectivity index (χ0) is 17.4. The maximum absolute atomic E-state index is 12.6. The monoisotopic (exact) mass is 348 g/mol. The number of ether oxygens (including phenoxy) is 1. The molecule has 2 unspecified atom stereocenters. The van der Waals surface area contributed by atoms with Crippen molar-refractivity contribution in [3.8, 4) is 5.75 Å². The van der Waals surface area contributed by atoms with Gasteiger partial charge in [0.15, 0.2) is 0 Å². The lowest BCUT2D eigenvalue weighted by Gasteiger charge is -2.43. The topological polar surface area (TPSA) is 45.0 Å². The lowest BCUT2D eigenvalue weighted by molar-refractivity contribution is 0.0776. The van der Waals surface area contributed by atoms with Gasteiger partial charge in [0.25, 0.3) is 0 Å². The fraction of sp³-hybridized carbons (Fsp3) is 0.684. The lowest BCUT2D eigenvalue weighted by Crippen LogP contribution is -2.53. The van der Waals surface area contributed by atoms with Crippen molar-refractivity contribution >= 4 is 11.4 Å². The first-order valence-electron chi connectivity index (χ1n) is 9.44. The number of rotatable bonds is 5. The van der Waals surface area contributed by atoms with E-state index in [4.69, 9.17) is 10.5 Å². The summed E-state index contributed by atoms with van der Waals surface area (Å²) in [5.74, 6) is 0.754. The van der Waals surface area contributed by atoms with Crippen molar-refractivity contribution in [3.63, 3.8) is 0 Å². The molecule has 4 rings (SSSR count). The molecular weight excluding hydrogens is 319 g/mol. The molecule has 138 valence electrons. The highest BCUT2D eigenvalue weighted by Crippen LogP contribution is 2.35. The number of alkyl halides is 1. The van der Waals surface area contributed by atoms with E-state index in [9.17, 15) is 4.39 Å². The molecule has 3 saturated heterocycles. The zero-order valence-corrected chi connectivity index (χ0v) is 15.0. The summed E-state index contributed by atoms with van der Waals surface area (Å²) in [7, 11) is 1.66. The third-order valence-corrected chi connectivity index (χ3v) is 6.28. The van der Waals surface area contributed by atoms with Crippen molar-refractivity contribution < 1.29 is 9.13 Å². The summed E-state index contributed by atoms with van der Waals surface area (Å²) >= 11 is 0. The van der Waals surface area contributed by atoms with E-state index in [1.165, 1.54) is 24.9 Å². The number of hydrogen-bond acceptors (Lipinski definition) is 5. The minimum absolute atomic E-state index is 0.216. The van der Waals surface area contributed by atoms with E-state index in [2.05, 4.69) is 20.8 Å². The Labute approximate surface area is 149 Å². The largest absolute Gasteiger partial charge is 0.495 e. The highest BCUT2D eigenvalue weighted by atomic mass is 19.1. The van der Waals surface area contributed by atoms with Crippen LogP contribution in [0.5, 0.6) is 5.75 Å². The van der Waals surface area contributed by atoms with Gasteiger partial charge in [0, 0.05) is 62.6 Å². The van der Waals surface area contributed by atoms with Gasteiger partial charge < -0.3 is 15.4 Å². The second-order valence-corrected chi connectivity index (χ2v) is 7.57. The van der Waals surface area contributed by atoms with Crippen LogP contribution in [-0.2, 0) is 0 Å². The normalized spacial score (nSPS) is 28.0. The number of halogens is 1. The summed E-state index contributed by atoms with van der Waals surface area (Å²) in [5, 5.41) is 0. The fourth-order valence-corrected chi connectivity index (χ4v) is 4.96. The molecule has 5 nitrogen and oxygen atoms in total. The van der Waals surface area contributed by atoms with Crippen LogP contribution in [0, 0.1) is 0 Å². The molecule has 0 saturated carbocycles. The third-order valence-electron chi connectivity index (χ3n) is 6.28. The summed E-state index contributed by atoms with van der Waals surface area (Å²) in [6.45, 7) is 4.73. The average molecular weight is 348 g/mol. The predicted molar refractivity (Wildman–Crippen MR) is 99.1 cm³/mol. The SMILES string of the molecule is COc1cc(N2CCC(N3CC4CC3CN4CCF)CC2)ccc1N. The maximum atomic E-state index is 12.6. The molecule has 6 heteroatoms. The third kappa shape index (κ3) is 3.17. The molecule has 2 bridgehead atoms. The molecule has 0 amide bonds. The first-order chi connectivity index (χ1) is 12.2. The fourth-order valence-electron chi connectivity index (χ4n) is 4.96. The Hall–Kier alpha value is -1.53. The molecule has 1 aromatic carbocycles. The van der Waals surface area contributed by atoms with Gasteiger partial charge >= 0.3 is 0 Å². The van der Waals surface area contributed by atoms with Crippen molar-refractivity contribution in [1.82, 2.24) is 9.80 Å². The van der Waals surface area contributed by atoms with Crippen molar-refractivity contribution in [2.75, 3.05) is 57.1 Å². The van der Waals surface area contributed by atoms with Crippen LogP contribution in [0.2, 0.25) is 0 Å². The summed E-state index contributed by atoms with van der Waals surface area (Å²) in [5.41, 5.74) is 7.81. The summed E-state index contributed by atoms with van der Waals surface area (Å²) in [6, 6.07) is 7.96. The van der Waals surface area contributed by atoms with Crippen molar-refractivity contribution in [1.29, 1.82) is 0 Å². The molecule has 3 heterocycles. The van der Waals surface area contributed by atoms with Crippen LogP contribution in [0.15, 0.2) is 18.2 Å². The van der Waals surface area contributed by atoms with E-state index in [1.54, 1.807) is 7.11 Å². The van der Waals surface area contributed by atoms with E-state index >= 15 is 0 Å². The number of anilines is 2.